The van der Waals surface area contributed by atoms with Crippen LogP contribution in [0.3, 0.4) is 0 Å². The van der Waals surface area contributed by atoms with Crippen LogP contribution in [0.1, 0.15) is 5.01 Å². The lowest BCUT2D eigenvalue weighted by atomic mass is 10.3. The van der Waals surface area contributed by atoms with Crippen LogP contribution in [0.25, 0.3) is 0 Å². The first-order valence-electron chi connectivity index (χ1n) is 4.54. The molecule has 0 bridgehead atoms. The zero-order chi connectivity index (χ0) is 10.5. The highest BCUT2D eigenvalue weighted by atomic mass is 32.1. The van der Waals surface area contributed by atoms with Gasteiger partial charge in [0.05, 0.1) is 7.11 Å². The molecule has 15 heavy (non-hydrogen) atoms. The van der Waals surface area contributed by atoms with Crippen LogP contribution in [-0.2, 0) is 6.61 Å². The molecule has 0 saturated heterocycles. The van der Waals surface area contributed by atoms with Crippen molar-refractivity contribution in [2.45, 2.75) is 6.61 Å². The van der Waals surface area contributed by atoms with Crippen molar-refractivity contribution in [2.75, 3.05) is 7.11 Å². The minimum Gasteiger partial charge on any atom is -0.497 e. The van der Waals surface area contributed by atoms with Crippen LogP contribution in [0.4, 0.5) is 0 Å². The van der Waals surface area contributed by atoms with E-state index in [2.05, 4.69) is 4.98 Å². The average Bonchev–Trinajstić information content (AvgIpc) is 2.79. The van der Waals surface area contributed by atoms with Gasteiger partial charge < -0.3 is 9.47 Å². The van der Waals surface area contributed by atoms with Gasteiger partial charge in [-0.15, -0.1) is 11.3 Å². The first-order valence-corrected chi connectivity index (χ1v) is 5.41. The number of aromatic nitrogens is 1. The maximum absolute atomic E-state index is 5.56. The quantitative estimate of drug-likeness (QED) is 0.795. The number of hydrogen-bond acceptors (Lipinski definition) is 4. The highest BCUT2D eigenvalue weighted by Gasteiger charge is 1.99. The Hall–Kier alpha value is -1.55. The van der Waals surface area contributed by atoms with Crippen LogP contribution in [0.5, 0.6) is 11.5 Å². The number of thiazole rings is 1. The van der Waals surface area contributed by atoms with E-state index in [-0.39, 0.29) is 0 Å². The molecular formula is C11H11NO2S. The lowest BCUT2D eigenvalue weighted by Crippen LogP contribution is -1.94. The molecule has 0 aliphatic heterocycles. The van der Waals surface area contributed by atoms with Gasteiger partial charge in [0, 0.05) is 17.6 Å². The molecule has 2 aromatic rings. The summed E-state index contributed by atoms with van der Waals surface area (Å²) in [5.74, 6) is 1.59. The summed E-state index contributed by atoms with van der Waals surface area (Å²) in [5, 5.41) is 2.90. The lowest BCUT2D eigenvalue weighted by molar-refractivity contribution is 0.303. The van der Waals surface area contributed by atoms with E-state index >= 15 is 0 Å². The minimum absolute atomic E-state index is 0.505. The largest absolute Gasteiger partial charge is 0.497 e. The fourth-order valence-corrected chi connectivity index (χ4v) is 1.69. The number of nitrogens with zero attached hydrogens (tertiary/aromatic N) is 1. The van der Waals surface area contributed by atoms with Crippen molar-refractivity contribution in [1.29, 1.82) is 0 Å². The van der Waals surface area contributed by atoms with Gasteiger partial charge in [0.15, 0.2) is 0 Å². The lowest BCUT2D eigenvalue weighted by Gasteiger charge is -2.05. The molecule has 0 N–H and O–H groups in total. The minimum atomic E-state index is 0.505. The van der Waals surface area contributed by atoms with Crippen molar-refractivity contribution in [3.8, 4) is 11.5 Å². The van der Waals surface area contributed by atoms with E-state index in [1.807, 2.05) is 29.6 Å². The summed E-state index contributed by atoms with van der Waals surface area (Å²) in [6, 6.07) is 7.54. The molecule has 1 heterocycles. The molecule has 3 nitrogen and oxygen atoms in total. The average molecular weight is 221 g/mol. The summed E-state index contributed by atoms with van der Waals surface area (Å²) in [7, 11) is 1.64. The maximum Gasteiger partial charge on any atom is 0.140 e. The Bertz CT molecular complexity index is 414. The monoisotopic (exact) mass is 221 g/mol. The van der Waals surface area contributed by atoms with E-state index in [0.29, 0.717) is 6.61 Å². The van der Waals surface area contributed by atoms with Crippen LogP contribution in [0, 0.1) is 0 Å². The normalized spacial score (nSPS) is 9.93. The highest BCUT2D eigenvalue weighted by molar-refractivity contribution is 7.09. The zero-order valence-electron chi connectivity index (χ0n) is 8.34. The third-order valence-electron chi connectivity index (χ3n) is 1.89. The second-order valence-electron chi connectivity index (χ2n) is 2.89. The third-order valence-corrected chi connectivity index (χ3v) is 2.64. The van der Waals surface area contributed by atoms with Gasteiger partial charge in [-0.2, -0.15) is 0 Å². The number of benzene rings is 1. The molecule has 1 aromatic heterocycles. The van der Waals surface area contributed by atoms with Crippen LogP contribution < -0.4 is 9.47 Å². The Labute approximate surface area is 92.3 Å². The topological polar surface area (TPSA) is 31.4 Å². The molecule has 0 fully saturated rings. The van der Waals surface area contributed by atoms with Crippen molar-refractivity contribution in [2.24, 2.45) is 0 Å². The Morgan fingerprint density at radius 2 is 2.20 bits per heavy atom. The molecule has 0 radical (unpaired) electrons. The summed E-state index contributed by atoms with van der Waals surface area (Å²) in [6.07, 6.45) is 1.77. The van der Waals surface area contributed by atoms with Gasteiger partial charge in [-0.3, -0.25) is 0 Å². The highest BCUT2D eigenvalue weighted by Crippen LogP contribution is 2.20. The molecule has 78 valence electrons. The molecule has 4 heteroatoms. The van der Waals surface area contributed by atoms with E-state index in [9.17, 15) is 0 Å². The molecule has 1 aromatic carbocycles. The molecule has 0 atom stereocenters. The SMILES string of the molecule is COc1cccc(OCc2nccs2)c1. The fraction of sp³-hybridized carbons (Fsp3) is 0.182. The smallest absolute Gasteiger partial charge is 0.140 e. The van der Waals surface area contributed by atoms with E-state index < -0.39 is 0 Å². The number of methoxy groups -OCH3 is 1. The van der Waals surface area contributed by atoms with Gasteiger partial charge in [0.1, 0.15) is 23.1 Å². The molecule has 0 amide bonds. The number of ether oxygens (including phenoxy) is 2. The predicted octanol–water partition coefficient (Wildman–Crippen LogP) is 2.73. The molecule has 2 rings (SSSR count). The zero-order valence-corrected chi connectivity index (χ0v) is 9.16. The van der Waals surface area contributed by atoms with E-state index in [0.717, 1.165) is 16.5 Å². The van der Waals surface area contributed by atoms with Gasteiger partial charge in [-0.05, 0) is 12.1 Å². The fourth-order valence-electron chi connectivity index (χ4n) is 1.16. The van der Waals surface area contributed by atoms with E-state index in [1.54, 1.807) is 24.6 Å². The van der Waals surface area contributed by atoms with Crippen molar-refractivity contribution < 1.29 is 9.47 Å². The summed E-state index contributed by atoms with van der Waals surface area (Å²) in [5.41, 5.74) is 0. The molecule has 0 unspecified atom stereocenters. The number of rotatable bonds is 4. The van der Waals surface area contributed by atoms with Crippen molar-refractivity contribution in [1.82, 2.24) is 4.98 Å². The first-order chi connectivity index (χ1) is 7.38. The predicted molar refractivity (Wildman–Crippen MR) is 59.4 cm³/mol. The van der Waals surface area contributed by atoms with Crippen LogP contribution >= 0.6 is 11.3 Å². The summed E-state index contributed by atoms with van der Waals surface area (Å²) in [6.45, 7) is 0.505. The summed E-state index contributed by atoms with van der Waals surface area (Å²) >= 11 is 1.58. The standard InChI is InChI=1S/C11H11NO2S/c1-13-9-3-2-4-10(7-9)14-8-11-12-5-6-15-11/h2-7H,8H2,1H3. The van der Waals surface area contributed by atoms with Crippen molar-refractivity contribution in [3.63, 3.8) is 0 Å². The Morgan fingerprint density at radius 3 is 2.93 bits per heavy atom. The van der Waals surface area contributed by atoms with Crippen molar-refractivity contribution >= 4 is 11.3 Å². The van der Waals surface area contributed by atoms with Gasteiger partial charge >= 0.3 is 0 Å². The molecule has 0 aliphatic carbocycles. The van der Waals surface area contributed by atoms with E-state index in [4.69, 9.17) is 9.47 Å². The molecule has 0 saturated carbocycles. The van der Waals surface area contributed by atoms with E-state index in [1.165, 1.54) is 0 Å². The van der Waals surface area contributed by atoms with Gasteiger partial charge in [0.2, 0.25) is 0 Å². The van der Waals surface area contributed by atoms with Crippen molar-refractivity contribution in [3.05, 3.63) is 40.8 Å². The molecular weight excluding hydrogens is 210 g/mol. The Kier molecular flexibility index (Phi) is 3.19. The Balaban J connectivity index is 1.98. The molecule has 0 aliphatic rings. The summed E-state index contributed by atoms with van der Waals surface area (Å²) in [4.78, 5) is 4.14. The second-order valence-corrected chi connectivity index (χ2v) is 3.87. The summed E-state index contributed by atoms with van der Waals surface area (Å²) < 4.78 is 10.7. The number of hydrogen-bond donors (Lipinski definition) is 0. The van der Waals surface area contributed by atoms with Crippen LogP contribution in [0.15, 0.2) is 35.8 Å². The van der Waals surface area contributed by atoms with Crippen LogP contribution in [-0.4, -0.2) is 12.1 Å². The van der Waals surface area contributed by atoms with Crippen LogP contribution in [0.2, 0.25) is 0 Å². The third kappa shape index (κ3) is 2.70. The van der Waals surface area contributed by atoms with Gasteiger partial charge in [-0.25, -0.2) is 4.98 Å². The van der Waals surface area contributed by atoms with Gasteiger partial charge in [-0.1, -0.05) is 6.07 Å². The van der Waals surface area contributed by atoms with Gasteiger partial charge in [0.25, 0.3) is 0 Å². The molecule has 0 spiro atoms. The second kappa shape index (κ2) is 4.79. The maximum atomic E-state index is 5.56. The first kappa shape index (κ1) is 9.98. The Morgan fingerprint density at radius 1 is 1.33 bits per heavy atom.